The summed E-state index contributed by atoms with van der Waals surface area (Å²) in [5.41, 5.74) is 7.41. The van der Waals surface area contributed by atoms with Crippen LogP contribution in [0.15, 0.2) is 42.5 Å². The van der Waals surface area contributed by atoms with Crippen molar-refractivity contribution in [2.24, 2.45) is 7.05 Å². The third-order valence-corrected chi connectivity index (χ3v) is 3.20. The Morgan fingerprint density at radius 3 is 2.65 bits per heavy atom. The van der Waals surface area contributed by atoms with E-state index < -0.39 is 0 Å². The van der Waals surface area contributed by atoms with Crippen molar-refractivity contribution < 1.29 is 9.13 Å². The number of imidazole rings is 1. The molecule has 5 heteroatoms. The summed E-state index contributed by atoms with van der Waals surface area (Å²) in [5.74, 6) is 1.05. The van der Waals surface area contributed by atoms with E-state index in [0.717, 1.165) is 5.52 Å². The Morgan fingerprint density at radius 1 is 1.20 bits per heavy atom. The molecule has 2 N–H and O–H groups in total. The fourth-order valence-electron chi connectivity index (χ4n) is 2.07. The van der Waals surface area contributed by atoms with E-state index >= 15 is 0 Å². The van der Waals surface area contributed by atoms with Crippen LogP contribution in [0.5, 0.6) is 5.75 Å². The van der Waals surface area contributed by atoms with Crippen LogP contribution in [0.4, 0.5) is 10.1 Å². The zero-order valence-electron chi connectivity index (χ0n) is 11.0. The minimum Gasteiger partial charge on any atom is -0.486 e. The van der Waals surface area contributed by atoms with Crippen LogP contribution >= 0.6 is 0 Å². The number of benzene rings is 2. The predicted octanol–water partition coefficient (Wildman–Crippen LogP) is 2.87. The van der Waals surface area contributed by atoms with Gasteiger partial charge in [0.1, 0.15) is 23.7 Å². The van der Waals surface area contributed by atoms with Gasteiger partial charge in [-0.3, -0.25) is 0 Å². The van der Waals surface area contributed by atoms with Crippen LogP contribution in [-0.2, 0) is 13.7 Å². The van der Waals surface area contributed by atoms with Crippen molar-refractivity contribution in [2.75, 3.05) is 5.73 Å². The smallest absolute Gasteiger partial charge is 0.151 e. The molecule has 0 bridgehead atoms. The number of nitrogen functional groups attached to an aromatic ring is 1. The molecule has 0 aliphatic carbocycles. The van der Waals surface area contributed by atoms with Crippen molar-refractivity contribution in [1.82, 2.24) is 9.55 Å². The highest BCUT2D eigenvalue weighted by molar-refractivity contribution is 5.76. The first-order valence-electron chi connectivity index (χ1n) is 6.23. The van der Waals surface area contributed by atoms with Crippen molar-refractivity contribution in [3.8, 4) is 5.75 Å². The minimum atomic E-state index is -0.322. The number of hydrogen-bond acceptors (Lipinski definition) is 3. The molecule has 102 valence electrons. The molecule has 0 saturated heterocycles. The number of anilines is 1. The molecular formula is C15H14FN3O. The fraction of sp³-hybridized carbons (Fsp3) is 0.133. The summed E-state index contributed by atoms with van der Waals surface area (Å²) in [6, 6.07) is 12.0. The van der Waals surface area contributed by atoms with Crippen molar-refractivity contribution >= 4 is 16.7 Å². The average molecular weight is 271 g/mol. The minimum absolute atomic E-state index is 0.272. The lowest BCUT2D eigenvalue weighted by molar-refractivity contribution is 0.292. The summed E-state index contributed by atoms with van der Waals surface area (Å²) in [4.78, 5) is 4.28. The summed E-state index contributed by atoms with van der Waals surface area (Å²) in [7, 11) is 1.84. The van der Waals surface area contributed by atoms with Crippen LogP contribution in [0.25, 0.3) is 11.0 Å². The summed E-state index contributed by atoms with van der Waals surface area (Å²) < 4.78 is 21.1. The molecule has 4 nitrogen and oxygen atoms in total. The van der Waals surface area contributed by atoms with Crippen LogP contribution in [-0.4, -0.2) is 9.55 Å². The fourth-order valence-corrected chi connectivity index (χ4v) is 2.07. The molecule has 0 unspecified atom stereocenters. The third kappa shape index (κ3) is 2.18. The van der Waals surface area contributed by atoms with E-state index in [0.29, 0.717) is 22.8 Å². The summed E-state index contributed by atoms with van der Waals surface area (Å²) in [6.07, 6.45) is 0. The van der Waals surface area contributed by atoms with Gasteiger partial charge in [0.15, 0.2) is 5.82 Å². The second kappa shape index (κ2) is 4.85. The van der Waals surface area contributed by atoms with E-state index in [9.17, 15) is 4.39 Å². The number of aryl methyl sites for hydroxylation is 1. The number of aromatic nitrogens is 2. The Balaban J connectivity index is 1.86. The average Bonchev–Trinajstić information content (AvgIpc) is 2.77. The van der Waals surface area contributed by atoms with Crippen molar-refractivity contribution in [3.63, 3.8) is 0 Å². The highest BCUT2D eigenvalue weighted by Crippen LogP contribution is 2.20. The zero-order valence-corrected chi connectivity index (χ0v) is 11.0. The first kappa shape index (κ1) is 12.5. The van der Waals surface area contributed by atoms with Crippen LogP contribution in [0, 0.1) is 5.82 Å². The maximum atomic E-state index is 13.7. The Kier molecular flexibility index (Phi) is 3.02. The highest BCUT2D eigenvalue weighted by atomic mass is 19.1. The molecule has 3 aromatic rings. The van der Waals surface area contributed by atoms with E-state index in [1.165, 1.54) is 6.07 Å². The molecule has 1 heterocycles. The molecule has 1 aromatic heterocycles. The second-order valence-electron chi connectivity index (χ2n) is 4.55. The standard InChI is InChI=1S/C15H14FN3O/c1-19-13-4-2-3-12(16)15(13)18-14(19)9-20-11-7-5-10(17)6-8-11/h2-8H,9,17H2,1H3. The van der Waals surface area contributed by atoms with Crippen molar-refractivity contribution in [2.45, 2.75) is 6.61 Å². The van der Waals surface area contributed by atoms with E-state index in [4.69, 9.17) is 10.5 Å². The van der Waals surface area contributed by atoms with Gasteiger partial charge in [0.25, 0.3) is 0 Å². The molecular weight excluding hydrogens is 257 g/mol. The van der Waals surface area contributed by atoms with Crippen LogP contribution in [0.1, 0.15) is 5.82 Å². The van der Waals surface area contributed by atoms with Crippen LogP contribution in [0.2, 0.25) is 0 Å². The van der Waals surface area contributed by atoms with Crippen molar-refractivity contribution in [1.29, 1.82) is 0 Å². The van der Waals surface area contributed by atoms with Gasteiger partial charge in [0.05, 0.1) is 5.52 Å². The quantitative estimate of drug-likeness (QED) is 0.745. The second-order valence-corrected chi connectivity index (χ2v) is 4.55. The molecule has 0 aliphatic rings. The lowest BCUT2D eigenvalue weighted by Gasteiger charge is -2.06. The Bertz CT molecular complexity index is 750. The zero-order chi connectivity index (χ0) is 14.1. The number of para-hydroxylation sites is 1. The number of nitrogens with two attached hydrogens (primary N) is 1. The molecule has 0 fully saturated rings. The van der Waals surface area contributed by atoms with Gasteiger partial charge >= 0.3 is 0 Å². The van der Waals surface area contributed by atoms with E-state index in [1.807, 2.05) is 17.7 Å². The largest absolute Gasteiger partial charge is 0.486 e. The van der Waals surface area contributed by atoms with E-state index in [1.54, 1.807) is 30.3 Å². The first-order valence-corrected chi connectivity index (χ1v) is 6.23. The summed E-state index contributed by atoms with van der Waals surface area (Å²) in [6.45, 7) is 0.272. The normalized spacial score (nSPS) is 10.9. The van der Waals surface area contributed by atoms with Crippen LogP contribution in [0.3, 0.4) is 0 Å². The lowest BCUT2D eigenvalue weighted by Crippen LogP contribution is -2.03. The maximum absolute atomic E-state index is 13.7. The Morgan fingerprint density at radius 2 is 1.95 bits per heavy atom. The van der Waals surface area contributed by atoms with Gasteiger partial charge < -0.3 is 15.0 Å². The Labute approximate surface area is 115 Å². The molecule has 2 aromatic carbocycles. The van der Waals surface area contributed by atoms with Gasteiger partial charge in [-0.05, 0) is 36.4 Å². The lowest BCUT2D eigenvalue weighted by atomic mass is 10.3. The maximum Gasteiger partial charge on any atom is 0.151 e. The van der Waals surface area contributed by atoms with Gasteiger partial charge in [-0.2, -0.15) is 0 Å². The van der Waals surface area contributed by atoms with Gasteiger partial charge in [-0.1, -0.05) is 6.07 Å². The highest BCUT2D eigenvalue weighted by Gasteiger charge is 2.11. The number of halogens is 1. The Hall–Kier alpha value is -2.56. The summed E-state index contributed by atoms with van der Waals surface area (Å²) >= 11 is 0. The van der Waals surface area contributed by atoms with Gasteiger partial charge in [0, 0.05) is 12.7 Å². The molecule has 3 rings (SSSR count). The number of rotatable bonds is 3. The molecule has 0 aliphatic heterocycles. The summed E-state index contributed by atoms with van der Waals surface area (Å²) in [5, 5.41) is 0. The SMILES string of the molecule is Cn1c(COc2ccc(N)cc2)nc2c(F)cccc21. The molecule has 20 heavy (non-hydrogen) atoms. The van der Waals surface area contributed by atoms with Gasteiger partial charge in [0.2, 0.25) is 0 Å². The van der Waals surface area contributed by atoms with Crippen molar-refractivity contribution in [3.05, 3.63) is 54.1 Å². The number of ether oxygens (including phenoxy) is 1. The van der Waals surface area contributed by atoms with Gasteiger partial charge in [-0.15, -0.1) is 0 Å². The molecule has 0 spiro atoms. The van der Waals surface area contributed by atoms with E-state index in [-0.39, 0.29) is 12.4 Å². The molecule has 0 atom stereocenters. The topological polar surface area (TPSA) is 53.1 Å². The van der Waals surface area contributed by atoms with E-state index in [2.05, 4.69) is 4.98 Å². The molecule has 0 amide bonds. The van der Waals surface area contributed by atoms with Crippen LogP contribution < -0.4 is 10.5 Å². The third-order valence-electron chi connectivity index (χ3n) is 3.20. The van der Waals surface area contributed by atoms with Gasteiger partial charge in [-0.25, -0.2) is 9.37 Å². The predicted molar refractivity (Wildman–Crippen MR) is 75.9 cm³/mol. The first-order chi connectivity index (χ1) is 9.65. The number of fused-ring (bicyclic) bond motifs is 1. The number of hydrogen-bond donors (Lipinski definition) is 1. The number of nitrogens with zero attached hydrogens (tertiary/aromatic N) is 2. The molecule has 0 saturated carbocycles. The monoisotopic (exact) mass is 271 g/mol. The molecule has 0 radical (unpaired) electrons.